The van der Waals surface area contributed by atoms with Gasteiger partial charge in [-0.3, -0.25) is 4.90 Å². The fourth-order valence-electron chi connectivity index (χ4n) is 2.36. The number of aliphatic hydroxyl groups is 4. The average Bonchev–Trinajstić information content (AvgIpc) is 2.64. The lowest BCUT2D eigenvalue weighted by molar-refractivity contribution is -0.144. The summed E-state index contributed by atoms with van der Waals surface area (Å²) in [6.45, 7) is -0.229. The summed E-state index contributed by atoms with van der Waals surface area (Å²) in [4.78, 5) is 12.6. The Hall–Kier alpha value is -0.890. The number of carbonyl (C=O) groups excluding carboxylic acids is 1. The topological polar surface area (TPSA) is 110 Å². The molecule has 2 aliphatic heterocycles. The van der Waals surface area contributed by atoms with E-state index >= 15 is 0 Å². The van der Waals surface area contributed by atoms with Crippen LogP contribution in [0.3, 0.4) is 0 Å². The van der Waals surface area contributed by atoms with Crippen LogP contribution in [0.1, 0.15) is 6.42 Å². The summed E-state index contributed by atoms with van der Waals surface area (Å²) in [6.07, 6.45) is -4.32. The lowest BCUT2D eigenvalue weighted by Crippen LogP contribution is -2.65. The maximum Gasteiger partial charge on any atom is 0.410 e. The number of hydrogen-bond acceptors (Lipinski definition) is 6. The van der Waals surface area contributed by atoms with Crippen LogP contribution in [0, 0.1) is 0 Å². The molecule has 2 fully saturated rings. The Morgan fingerprint density at radius 1 is 1.25 bits per heavy atom. The van der Waals surface area contributed by atoms with Crippen LogP contribution in [0.5, 0.6) is 0 Å². The Morgan fingerprint density at radius 2 is 1.94 bits per heavy atom. The van der Waals surface area contributed by atoms with E-state index in [0.717, 1.165) is 0 Å². The molecule has 2 saturated heterocycles. The van der Waals surface area contributed by atoms with E-state index in [1.165, 1.54) is 4.90 Å². The Labute approximate surface area is 91.9 Å². The van der Waals surface area contributed by atoms with Gasteiger partial charge in [-0.25, -0.2) is 4.79 Å². The van der Waals surface area contributed by atoms with Crippen molar-refractivity contribution >= 4 is 6.09 Å². The molecule has 0 aromatic carbocycles. The number of hydrogen-bond donors (Lipinski definition) is 4. The quantitative estimate of drug-likeness (QED) is 0.425. The second-order valence-electron chi connectivity index (χ2n) is 4.10. The molecule has 4 N–H and O–H groups in total. The predicted molar refractivity (Wildman–Crippen MR) is 50.5 cm³/mol. The van der Waals surface area contributed by atoms with Crippen molar-refractivity contribution in [3.63, 3.8) is 0 Å². The monoisotopic (exact) mass is 233 g/mol. The predicted octanol–water partition coefficient (Wildman–Crippen LogP) is -2.35. The maximum atomic E-state index is 11.4. The fourth-order valence-corrected chi connectivity index (χ4v) is 2.36. The minimum absolute atomic E-state index is 0.00823. The summed E-state index contributed by atoms with van der Waals surface area (Å²) in [5.74, 6) is 0. The van der Waals surface area contributed by atoms with Crippen molar-refractivity contribution in [2.45, 2.75) is 36.8 Å². The Morgan fingerprint density at radius 3 is 2.56 bits per heavy atom. The number of piperidine rings is 1. The van der Waals surface area contributed by atoms with Crippen LogP contribution in [0.4, 0.5) is 4.79 Å². The Kier molecular flexibility index (Phi) is 3.02. The summed E-state index contributed by atoms with van der Waals surface area (Å²) >= 11 is 0. The Bertz CT molecular complexity index is 285. The molecule has 0 radical (unpaired) electrons. The van der Waals surface area contributed by atoms with E-state index in [1.807, 2.05) is 0 Å². The highest BCUT2D eigenvalue weighted by molar-refractivity contribution is 5.71. The smallest absolute Gasteiger partial charge is 0.410 e. The number of fused-ring (bicyclic) bond motifs is 1. The van der Waals surface area contributed by atoms with Gasteiger partial charge in [0.1, 0.15) is 24.9 Å². The number of carbonyl (C=O) groups is 1. The van der Waals surface area contributed by atoms with Crippen molar-refractivity contribution in [2.24, 2.45) is 0 Å². The van der Waals surface area contributed by atoms with E-state index in [0.29, 0.717) is 0 Å². The van der Waals surface area contributed by atoms with Gasteiger partial charge in [0.05, 0.1) is 12.1 Å². The molecule has 0 saturated carbocycles. The van der Waals surface area contributed by atoms with Crippen molar-refractivity contribution in [2.75, 3.05) is 13.2 Å². The lowest BCUT2D eigenvalue weighted by atomic mass is 9.87. The van der Waals surface area contributed by atoms with E-state index in [2.05, 4.69) is 0 Å². The highest BCUT2D eigenvalue weighted by Crippen LogP contribution is 2.30. The Balaban J connectivity index is 2.25. The largest absolute Gasteiger partial charge is 0.447 e. The van der Waals surface area contributed by atoms with Crippen molar-refractivity contribution in [1.29, 1.82) is 0 Å². The molecule has 2 aliphatic rings. The van der Waals surface area contributed by atoms with E-state index in [4.69, 9.17) is 9.84 Å². The summed E-state index contributed by atoms with van der Waals surface area (Å²) in [5.41, 5.74) is 0. The third-order valence-electron chi connectivity index (χ3n) is 3.22. The van der Waals surface area contributed by atoms with Gasteiger partial charge < -0.3 is 25.2 Å². The van der Waals surface area contributed by atoms with E-state index in [9.17, 15) is 20.1 Å². The molecule has 2 rings (SSSR count). The van der Waals surface area contributed by atoms with Gasteiger partial charge in [0.25, 0.3) is 0 Å². The van der Waals surface area contributed by atoms with Crippen LogP contribution in [-0.2, 0) is 4.74 Å². The number of cyclic esters (lactones) is 1. The molecule has 5 unspecified atom stereocenters. The van der Waals surface area contributed by atoms with Crippen molar-refractivity contribution in [1.82, 2.24) is 4.90 Å². The minimum Gasteiger partial charge on any atom is -0.447 e. The van der Waals surface area contributed by atoms with Gasteiger partial charge in [-0.1, -0.05) is 0 Å². The molecule has 5 atom stereocenters. The highest BCUT2D eigenvalue weighted by Gasteiger charge is 2.53. The maximum absolute atomic E-state index is 11.4. The first-order valence-corrected chi connectivity index (χ1v) is 5.18. The van der Waals surface area contributed by atoms with E-state index < -0.39 is 36.5 Å². The standard InChI is InChI=1S/C9H15NO6/c11-2-1-4-6(12)8(14)7(13)5-3-16-9(15)10(4)5/h4-8,11-14H,1-3H2. The van der Waals surface area contributed by atoms with Gasteiger partial charge >= 0.3 is 6.09 Å². The van der Waals surface area contributed by atoms with Gasteiger partial charge in [-0.15, -0.1) is 0 Å². The molecule has 1 amide bonds. The highest BCUT2D eigenvalue weighted by atomic mass is 16.6. The van der Waals surface area contributed by atoms with Gasteiger partial charge in [-0.2, -0.15) is 0 Å². The molecule has 0 spiro atoms. The fraction of sp³-hybridized carbons (Fsp3) is 0.889. The van der Waals surface area contributed by atoms with Crippen LogP contribution in [0.15, 0.2) is 0 Å². The third kappa shape index (κ3) is 1.56. The number of amides is 1. The second-order valence-corrected chi connectivity index (χ2v) is 4.10. The molecule has 0 aromatic heterocycles. The van der Waals surface area contributed by atoms with Gasteiger partial charge in [0.15, 0.2) is 0 Å². The average molecular weight is 233 g/mol. The molecular weight excluding hydrogens is 218 g/mol. The van der Waals surface area contributed by atoms with Crippen molar-refractivity contribution in [3.8, 4) is 0 Å². The summed E-state index contributed by atoms with van der Waals surface area (Å²) < 4.78 is 4.77. The molecule has 16 heavy (non-hydrogen) atoms. The SMILES string of the molecule is O=C1OCC2C(O)C(O)C(O)C(CCO)N12. The number of rotatable bonds is 2. The normalized spacial score (nSPS) is 43.1. The van der Waals surface area contributed by atoms with Crippen LogP contribution < -0.4 is 0 Å². The molecule has 92 valence electrons. The molecule has 0 aromatic rings. The molecule has 7 nitrogen and oxygen atoms in total. The number of ether oxygens (including phenoxy) is 1. The second kappa shape index (κ2) is 4.17. The molecule has 0 aliphatic carbocycles. The first kappa shape index (κ1) is 11.6. The lowest BCUT2D eigenvalue weighted by Gasteiger charge is -2.44. The summed E-state index contributed by atoms with van der Waals surface area (Å²) in [6, 6.07) is -1.37. The van der Waals surface area contributed by atoms with Crippen molar-refractivity contribution < 1.29 is 30.0 Å². The van der Waals surface area contributed by atoms with Crippen LogP contribution in [0.25, 0.3) is 0 Å². The zero-order chi connectivity index (χ0) is 11.9. The zero-order valence-corrected chi connectivity index (χ0v) is 8.56. The number of aliphatic hydroxyl groups excluding tert-OH is 4. The molecule has 0 bridgehead atoms. The zero-order valence-electron chi connectivity index (χ0n) is 8.56. The first-order chi connectivity index (χ1) is 7.57. The van der Waals surface area contributed by atoms with E-state index in [1.54, 1.807) is 0 Å². The van der Waals surface area contributed by atoms with E-state index in [-0.39, 0.29) is 19.6 Å². The van der Waals surface area contributed by atoms with Gasteiger partial charge in [-0.05, 0) is 6.42 Å². The third-order valence-corrected chi connectivity index (χ3v) is 3.22. The number of nitrogens with zero attached hydrogens (tertiary/aromatic N) is 1. The van der Waals surface area contributed by atoms with Crippen LogP contribution in [-0.4, -0.2) is 75.0 Å². The molecular formula is C9H15NO6. The van der Waals surface area contributed by atoms with Crippen LogP contribution in [0.2, 0.25) is 0 Å². The van der Waals surface area contributed by atoms with Gasteiger partial charge in [0.2, 0.25) is 0 Å². The summed E-state index contributed by atoms with van der Waals surface area (Å²) in [5, 5.41) is 37.9. The van der Waals surface area contributed by atoms with Crippen LogP contribution >= 0.6 is 0 Å². The first-order valence-electron chi connectivity index (χ1n) is 5.18. The molecule has 7 heteroatoms. The summed E-state index contributed by atoms with van der Waals surface area (Å²) in [7, 11) is 0. The van der Waals surface area contributed by atoms with Gasteiger partial charge in [0, 0.05) is 6.61 Å². The molecule has 2 heterocycles. The minimum atomic E-state index is -1.33. The van der Waals surface area contributed by atoms with Crippen molar-refractivity contribution in [3.05, 3.63) is 0 Å².